The Kier molecular flexibility index (Phi) is 3.59. The number of thiophene rings is 1. The van der Waals surface area contributed by atoms with Gasteiger partial charge >= 0.3 is 0 Å². The molecular weight excluding hydrogens is 322 g/mol. The molecule has 24 heavy (non-hydrogen) atoms. The van der Waals surface area contributed by atoms with Crippen LogP contribution >= 0.6 is 11.3 Å². The molecule has 0 aliphatic carbocycles. The zero-order chi connectivity index (χ0) is 16.5. The van der Waals surface area contributed by atoms with Crippen LogP contribution in [-0.4, -0.2) is 20.0 Å². The van der Waals surface area contributed by atoms with Crippen molar-refractivity contribution < 1.29 is 4.79 Å². The molecule has 0 N–H and O–H groups in total. The number of carbonyl (C=O) groups is 1. The Balaban J connectivity index is 1.71. The van der Waals surface area contributed by atoms with E-state index in [1.807, 2.05) is 35.7 Å². The topological polar surface area (TPSA) is 56.4 Å². The largest absolute Gasteiger partial charge is 0.304 e. The zero-order valence-corrected chi connectivity index (χ0v) is 13.4. The molecule has 0 aliphatic heterocycles. The van der Waals surface area contributed by atoms with Gasteiger partial charge in [-0.1, -0.05) is 36.4 Å². The molecule has 0 radical (unpaired) electrons. The Hall–Kier alpha value is -2.99. The molecule has 0 amide bonds. The molecule has 0 unspecified atom stereocenters. The number of hydrogen-bond donors (Lipinski definition) is 0. The van der Waals surface area contributed by atoms with Crippen molar-refractivity contribution in [3.8, 4) is 10.6 Å². The number of fused-ring (bicyclic) bond motifs is 1. The number of rotatable bonds is 4. The monoisotopic (exact) mass is 335 g/mol. The van der Waals surface area contributed by atoms with Crippen molar-refractivity contribution in [2.45, 2.75) is 6.54 Å². The second kappa shape index (κ2) is 5.90. The van der Waals surface area contributed by atoms with Gasteiger partial charge in [0.1, 0.15) is 11.2 Å². The fourth-order valence-corrected chi connectivity index (χ4v) is 3.25. The molecule has 4 aromatic rings. The van der Waals surface area contributed by atoms with Crippen LogP contribution in [0.3, 0.4) is 0 Å². The van der Waals surface area contributed by atoms with Gasteiger partial charge in [0.2, 0.25) is 0 Å². The summed E-state index contributed by atoms with van der Waals surface area (Å²) in [5.74, 6) is -0.0972. The normalized spacial score (nSPS) is 11.0. The summed E-state index contributed by atoms with van der Waals surface area (Å²) >= 11 is 1.57. The number of Topliss-reactive ketones (excluding diaryl/α,β-unsaturated/α-hetero) is 1. The standard InChI is InChI=1S/C18H13N3O2S/c22-16(13-5-2-1-3-6-13)12-20-8-9-21-15(18(20)23)11-14(19-21)17-7-4-10-24-17/h1-11H,12H2. The third-order valence-electron chi connectivity index (χ3n) is 3.79. The van der Waals surface area contributed by atoms with E-state index in [2.05, 4.69) is 5.10 Å². The minimum atomic E-state index is -0.225. The minimum absolute atomic E-state index is 0.0128. The van der Waals surface area contributed by atoms with Crippen LogP contribution in [0.1, 0.15) is 10.4 Å². The number of nitrogens with zero attached hydrogens (tertiary/aromatic N) is 3. The van der Waals surface area contributed by atoms with E-state index in [1.165, 1.54) is 4.57 Å². The number of carbonyl (C=O) groups excluding carboxylic acids is 1. The molecule has 4 rings (SSSR count). The Morgan fingerprint density at radius 2 is 1.92 bits per heavy atom. The lowest BCUT2D eigenvalue weighted by Crippen LogP contribution is -2.25. The van der Waals surface area contributed by atoms with Gasteiger partial charge in [-0.15, -0.1) is 11.3 Å². The Morgan fingerprint density at radius 3 is 2.67 bits per heavy atom. The summed E-state index contributed by atoms with van der Waals surface area (Å²) in [7, 11) is 0. The molecule has 1 aromatic carbocycles. The molecule has 0 saturated heterocycles. The molecular formula is C18H13N3O2S. The van der Waals surface area contributed by atoms with Gasteiger partial charge in [-0.25, -0.2) is 4.52 Å². The van der Waals surface area contributed by atoms with E-state index in [0.717, 1.165) is 10.6 Å². The molecule has 3 aromatic heterocycles. The molecule has 0 spiro atoms. The number of aromatic nitrogens is 3. The molecule has 0 aliphatic rings. The van der Waals surface area contributed by atoms with Crippen LogP contribution in [0.5, 0.6) is 0 Å². The first kappa shape index (κ1) is 14.6. The second-order valence-corrected chi connectivity index (χ2v) is 6.30. The first-order valence-electron chi connectivity index (χ1n) is 7.43. The highest BCUT2D eigenvalue weighted by atomic mass is 32.1. The van der Waals surface area contributed by atoms with Crippen molar-refractivity contribution >= 4 is 22.6 Å². The minimum Gasteiger partial charge on any atom is -0.304 e. The smallest absolute Gasteiger partial charge is 0.277 e. The van der Waals surface area contributed by atoms with Crippen LogP contribution in [0.4, 0.5) is 0 Å². The van der Waals surface area contributed by atoms with Gasteiger partial charge < -0.3 is 4.57 Å². The first-order valence-corrected chi connectivity index (χ1v) is 8.31. The fourth-order valence-electron chi connectivity index (χ4n) is 2.57. The average molecular weight is 335 g/mol. The van der Waals surface area contributed by atoms with Crippen LogP contribution in [0, 0.1) is 0 Å². The van der Waals surface area contributed by atoms with E-state index in [4.69, 9.17) is 0 Å². The quantitative estimate of drug-likeness (QED) is 0.539. The van der Waals surface area contributed by atoms with Crippen LogP contribution in [0.2, 0.25) is 0 Å². The summed E-state index contributed by atoms with van der Waals surface area (Å²) < 4.78 is 2.98. The van der Waals surface area contributed by atoms with Crippen molar-refractivity contribution in [1.82, 2.24) is 14.2 Å². The van der Waals surface area contributed by atoms with Crippen LogP contribution < -0.4 is 5.56 Å². The lowest BCUT2D eigenvalue weighted by molar-refractivity contribution is 0.0971. The lowest BCUT2D eigenvalue weighted by Gasteiger charge is -2.05. The van der Waals surface area contributed by atoms with E-state index in [1.54, 1.807) is 46.4 Å². The summed E-state index contributed by atoms with van der Waals surface area (Å²) in [4.78, 5) is 25.9. The average Bonchev–Trinajstić information content (AvgIpc) is 3.27. The summed E-state index contributed by atoms with van der Waals surface area (Å²) in [6, 6.07) is 14.6. The molecule has 118 valence electrons. The Morgan fingerprint density at radius 1 is 1.08 bits per heavy atom. The van der Waals surface area contributed by atoms with E-state index < -0.39 is 0 Å². The van der Waals surface area contributed by atoms with Gasteiger partial charge in [0, 0.05) is 18.0 Å². The SMILES string of the molecule is O=C(Cn1ccn2nc(-c3cccs3)cc2c1=O)c1ccccc1. The van der Waals surface area contributed by atoms with Gasteiger partial charge in [-0.3, -0.25) is 9.59 Å². The van der Waals surface area contributed by atoms with E-state index in [-0.39, 0.29) is 17.9 Å². The van der Waals surface area contributed by atoms with E-state index in [9.17, 15) is 9.59 Å². The summed E-state index contributed by atoms with van der Waals surface area (Å²) in [6.07, 6.45) is 3.30. The number of ketones is 1. The maximum absolute atomic E-state index is 12.6. The third kappa shape index (κ3) is 2.57. The number of hydrogen-bond acceptors (Lipinski definition) is 4. The molecule has 0 atom stereocenters. The highest BCUT2D eigenvalue weighted by Gasteiger charge is 2.12. The van der Waals surface area contributed by atoms with Crippen molar-refractivity contribution in [2.75, 3.05) is 0 Å². The van der Waals surface area contributed by atoms with Crippen molar-refractivity contribution in [3.05, 3.63) is 82.2 Å². The maximum Gasteiger partial charge on any atom is 0.277 e. The van der Waals surface area contributed by atoms with E-state index >= 15 is 0 Å². The Bertz CT molecular complexity index is 1060. The Labute approximate surface area is 141 Å². The predicted octanol–water partition coefficient (Wildman–Crippen LogP) is 3.11. The van der Waals surface area contributed by atoms with Gasteiger partial charge in [-0.05, 0) is 17.5 Å². The van der Waals surface area contributed by atoms with Crippen molar-refractivity contribution in [1.29, 1.82) is 0 Å². The highest BCUT2D eigenvalue weighted by Crippen LogP contribution is 2.23. The van der Waals surface area contributed by atoms with E-state index in [0.29, 0.717) is 11.1 Å². The van der Waals surface area contributed by atoms with Crippen molar-refractivity contribution in [3.63, 3.8) is 0 Å². The summed E-state index contributed by atoms with van der Waals surface area (Å²) in [5.41, 5.74) is 1.59. The predicted molar refractivity (Wildman–Crippen MR) is 93.5 cm³/mol. The lowest BCUT2D eigenvalue weighted by atomic mass is 10.1. The first-order chi connectivity index (χ1) is 11.7. The molecule has 0 saturated carbocycles. The highest BCUT2D eigenvalue weighted by molar-refractivity contribution is 7.13. The fraction of sp³-hybridized carbons (Fsp3) is 0.0556. The van der Waals surface area contributed by atoms with Gasteiger partial charge in [0.25, 0.3) is 5.56 Å². The maximum atomic E-state index is 12.6. The number of benzene rings is 1. The van der Waals surface area contributed by atoms with Gasteiger partial charge in [-0.2, -0.15) is 5.10 Å². The second-order valence-electron chi connectivity index (χ2n) is 5.36. The van der Waals surface area contributed by atoms with Gasteiger partial charge in [0.15, 0.2) is 5.78 Å². The molecule has 0 fully saturated rings. The summed E-state index contributed by atoms with van der Waals surface area (Å²) in [6.45, 7) is 0.0128. The van der Waals surface area contributed by atoms with Crippen LogP contribution in [0.25, 0.3) is 16.1 Å². The molecule has 0 bridgehead atoms. The molecule has 6 heteroatoms. The van der Waals surface area contributed by atoms with Crippen LogP contribution in [-0.2, 0) is 6.54 Å². The van der Waals surface area contributed by atoms with Crippen molar-refractivity contribution in [2.24, 2.45) is 0 Å². The van der Waals surface area contributed by atoms with Crippen LogP contribution in [0.15, 0.2) is 71.1 Å². The molecule has 5 nitrogen and oxygen atoms in total. The third-order valence-corrected chi connectivity index (χ3v) is 4.68. The summed E-state index contributed by atoms with van der Waals surface area (Å²) in [5, 5.41) is 6.39. The molecule has 3 heterocycles. The zero-order valence-electron chi connectivity index (χ0n) is 12.6. The van der Waals surface area contributed by atoms with Gasteiger partial charge in [0.05, 0.1) is 11.4 Å².